The van der Waals surface area contributed by atoms with Crippen molar-refractivity contribution in [2.45, 2.75) is 18.9 Å². The summed E-state index contributed by atoms with van der Waals surface area (Å²) in [5.74, 6) is 0.945. The first-order chi connectivity index (χ1) is 11.3. The molecule has 4 rings (SSSR count). The van der Waals surface area contributed by atoms with E-state index in [2.05, 4.69) is 25.0 Å². The molecule has 3 aromatic rings. The van der Waals surface area contributed by atoms with Crippen LogP contribution in [0.2, 0.25) is 0 Å². The van der Waals surface area contributed by atoms with Crippen molar-refractivity contribution in [1.29, 1.82) is 0 Å². The first-order valence-electron chi connectivity index (χ1n) is 7.92. The number of benzene rings is 1. The second-order valence-electron chi connectivity index (χ2n) is 5.92. The molecular formula is C17H19N5O. The van der Waals surface area contributed by atoms with Crippen LogP contribution in [-0.4, -0.2) is 41.4 Å². The van der Waals surface area contributed by atoms with Crippen LogP contribution in [0.25, 0.3) is 11.1 Å². The summed E-state index contributed by atoms with van der Waals surface area (Å²) in [7, 11) is 2.03. The number of para-hydroxylation sites is 2. The van der Waals surface area contributed by atoms with Crippen LogP contribution in [0.5, 0.6) is 0 Å². The molecule has 1 atom stereocenters. The van der Waals surface area contributed by atoms with Gasteiger partial charge in [-0.15, -0.1) is 5.10 Å². The number of anilines is 2. The number of nitrogens with zero attached hydrogens (tertiary/aromatic N) is 5. The summed E-state index contributed by atoms with van der Waals surface area (Å²) in [5, 5.41) is 8.24. The van der Waals surface area contributed by atoms with Crippen LogP contribution in [0.15, 0.2) is 47.0 Å². The molecule has 0 amide bonds. The summed E-state index contributed by atoms with van der Waals surface area (Å²) >= 11 is 0. The molecule has 1 fully saturated rings. The Kier molecular flexibility index (Phi) is 3.57. The predicted octanol–water partition coefficient (Wildman–Crippen LogP) is 2.72. The van der Waals surface area contributed by atoms with Crippen molar-refractivity contribution in [2.24, 2.45) is 0 Å². The lowest BCUT2D eigenvalue weighted by molar-refractivity contribution is 0.557. The summed E-state index contributed by atoms with van der Waals surface area (Å²) in [5.41, 5.74) is 1.72. The molecule has 1 saturated heterocycles. The third kappa shape index (κ3) is 2.72. The van der Waals surface area contributed by atoms with Gasteiger partial charge in [-0.05, 0) is 37.1 Å². The predicted molar refractivity (Wildman–Crippen MR) is 89.7 cm³/mol. The van der Waals surface area contributed by atoms with Gasteiger partial charge in [-0.1, -0.05) is 12.1 Å². The van der Waals surface area contributed by atoms with Gasteiger partial charge in [0.1, 0.15) is 5.52 Å². The summed E-state index contributed by atoms with van der Waals surface area (Å²) in [4.78, 5) is 8.97. The highest BCUT2D eigenvalue weighted by Crippen LogP contribution is 2.26. The molecule has 1 aliphatic heterocycles. The number of rotatable bonds is 4. The topological polar surface area (TPSA) is 58.3 Å². The van der Waals surface area contributed by atoms with E-state index in [0.29, 0.717) is 12.1 Å². The fourth-order valence-electron chi connectivity index (χ4n) is 3.19. The maximum absolute atomic E-state index is 5.85. The first kappa shape index (κ1) is 14.0. The van der Waals surface area contributed by atoms with Gasteiger partial charge in [-0.25, -0.2) is 0 Å². The highest BCUT2D eigenvalue weighted by atomic mass is 16.4. The highest BCUT2D eigenvalue weighted by Gasteiger charge is 2.28. The maximum Gasteiger partial charge on any atom is 0.298 e. The molecule has 118 valence electrons. The van der Waals surface area contributed by atoms with Crippen molar-refractivity contribution in [1.82, 2.24) is 15.2 Å². The molecule has 0 N–H and O–H groups in total. The van der Waals surface area contributed by atoms with E-state index in [1.807, 2.05) is 43.4 Å². The van der Waals surface area contributed by atoms with Gasteiger partial charge in [0.2, 0.25) is 0 Å². The molecule has 23 heavy (non-hydrogen) atoms. The van der Waals surface area contributed by atoms with Gasteiger partial charge in [0.15, 0.2) is 11.4 Å². The fourth-order valence-corrected chi connectivity index (χ4v) is 3.19. The second-order valence-corrected chi connectivity index (χ2v) is 5.92. The number of hydrogen-bond donors (Lipinski definition) is 0. The number of oxazole rings is 1. The average molecular weight is 309 g/mol. The van der Waals surface area contributed by atoms with E-state index in [-0.39, 0.29) is 0 Å². The van der Waals surface area contributed by atoms with Crippen molar-refractivity contribution in [3.8, 4) is 0 Å². The minimum atomic E-state index is 0.395. The zero-order valence-electron chi connectivity index (χ0n) is 13.1. The largest absolute Gasteiger partial charge is 0.423 e. The zero-order valence-corrected chi connectivity index (χ0v) is 13.1. The van der Waals surface area contributed by atoms with E-state index < -0.39 is 0 Å². The normalized spacial score (nSPS) is 17.8. The third-order valence-corrected chi connectivity index (χ3v) is 4.32. The Morgan fingerprint density at radius 1 is 1.26 bits per heavy atom. The number of aromatic nitrogens is 3. The highest BCUT2D eigenvalue weighted by molar-refractivity contribution is 5.74. The Labute approximate surface area is 134 Å². The lowest BCUT2D eigenvalue weighted by Crippen LogP contribution is -2.39. The van der Waals surface area contributed by atoms with Crippen molar-refractivity contribution in [2.75, 3.05) is 29.9 Å². The van der Waals surface area contributed by atoms with Crippen molar-refractivity contribution in [3.05, 3.63) is 42.6 Å². The SMILES string of the molecule is CN(CC1CCCN1c1cccnn1)c1nc2ccccc2o1. The Hall–Kier alpha value is -2.63. The van der Waals surface area contributed by atoms with E-state index in [1.165, 1.54) is 6.42 Å². The number of fused-ring (bicyclic) bond motifs is 1. The van der Waals surface area contributed by atoms with Gasteiger partial charge in [-0.3, -0.25) is 0 Å². The van der Waals surface area contributed by atoms with E-state index >= 15 is 0 Å². The van der Waals surface area contributed by atoms with Crippen LogP contribution in [0.1, 0.15) is 12.8 Å². The Morgan fingerprint density at radius 2 is 2.17 bits per heavy atom. The van der Waals surface area contributed by atoms with Crippen LogP contribution in [-0.2, 0) is 0 Å². The van der Waals surface area contributed by atoms with Crippen LogP contribution >= 0.6 is 0 Å². The molecule has 6 nitrogen and oxygen atoms in total. The molecule has 0 aliphatic carbocycles. The lowest BCUT2D eigenvalue weighted by atomic mass is 10.2. The third-order valence-electron chi connectivity index (χ3n) is 4.32. The molecule has 1 aromatic carbocycles. The molecule has 1 unspecified atom stereocenters. The summed E-state index contributed by atoms with van der Waals surface area (Å²) < 4.78 is 5.85. The van der Waals surface area contributed by atoms with Gasteiger partial charge in [0.05, 0.1) is 0 Å². The monoisotopic (exact) mass is 309 g/mol. The van der Waals surface area contributed by atoms with Crippen molar-refractivity contribution < 1.29 is 4.42 Å². The van der Waals surface area contributed by atoms with E-state index in [1.54, 1.807) is 6.20 Å². The molecule has 0 radical (unpaired) electrons. The zero-order chi connectivity index (χ0) is 15.6. The molecule has 3 heterocycles. The van der Waals surface area contributed by atoms with Crippen molar-refractivity contribution in [3.63, 3.8) is 0 Å². The average Bonchev–Trinajstić information content (AvgIpc) is 3.22. The molecule has 0 saturated carbocycles. The van der Waals surface area contributed by atoms with Gasteiger partial charge in [0, 0.05) is 32.4 Å². The molecule has 1 aliphatic rings. The molecule has 2 aromatic heterocycles. The van der Waals surface area contributed by atoms with E-state index in [4.69, 9.17) is 4.42 Å². The van der Waals surface area contributed by atoms with Crippen LogP contribution in [0, 0.1) is 0 Å². The molecular weight excluding hydrogens is 290 g/mol. The smallest absolute Gasteiger partial charge is 0.298 e. The molecule has 6 heteroatoms. The first-order valence-corrected chi connectivity index (χ1v) is 7.92. The Morgan fingerprint density at radius 3 is 3.00 bits per heavy atom. The number of hydrogen-bond acceptors (Lipinski definition) is 6. The summed E-state index contributed by atoms with van der Waals surface area (Å²) in [6.07, 6.45) is 4.02. The van der Waals surface area contributed by atoms with Crippen LogP contribution in [0.3, 0.4) is 0 Å². The maximum atomic E-state index is 5.85. The van der Waals surface area contributed by atoms with Crippen LogP contribution < -0.4 is 9.80 Å². The van der Waals surface area contributed by atoms with Gasteiger partial charge >= 0.3 is 0 Å². The van der Waals surface area contributed by atoms with Gasteiger partial charge < -0.3 is 14.2 Å². The molecule has 0 spiro atoms. The summed E-state index contributed by atoms with van der Waals surface area (Å²) in [6.45, 7) is 1.87. The Bertz CT molecular complexity index is 755. The second kappa shape index (κ2) is 5.87. The van der Waals surface area contributed by atoms with Gasteiger partial charge in [-0.2, -0.15) is 10.1 Å². The van der Waals surface area contributed by atoms with Gasteiger partial charge in [0.25, 0.3) is 6.01 Å². The summed E-state index contributed by atoms with van der Waals surface area (Å²) in [6, 6.07) is 12.9. The van der Waals surface area contributed by atoms with Crippen LogP contribution in [0.4, 0.5) is 11.8 Å². The van der Waals surface area contributed by atoms with E-state index in [0.717, 1.165) is 36.4 Å². The quantitative estimate of drug-likeness (QED) is 0.738. The Balaban J connectivity index is 1.52. The fraction of sp³-hybridized carbons (Fsp3) is 0.353. The minimum absolute atomic E-state index is 0.395. The van der Waals surface area contributed by atoms with E-state index in [9.17, 15) is 0 Å². The standard InChI is InChI=1S/C17H19N5O/c1-21(17-19-14-7-2-3-8-15(14)23-17)12-13-6-5-11-22(13)16-9-4-10-18-20-16/h2-4,7-10,13H,5-6,11-12H2,1H3. The lowest BCUT2D eigenvalue weighted by Gasteiger charge is -2.28. The van der Waals surface area contributed by atoms with Crippen molar-refractivity contribution >= 4 is 22.9 Å². The molecule has 0 bridgehead atoms. The minimum Gasteiger partial charge on any atom is -0.423 e. The number of likely N-dealkylation sites (N-methyl/N-ethyl adjacent to an activating group) is 1.